The van der Waals surface area contributed by atoms with Crippen LogP contribution in [0.2, 0.25) is 0 Å². The van der Waals surface area contributed by atoms with Crippen LogP contribution < -0.4 is 0 Å². The Balaban J connectivity index is 3.77. The minimum atomic E-state index is -0.704. The molecule has 12 heavy (non-hydrogen) atoms. The van der Waals surface area contributed by atoms with Gasteiger partial charge in [0.05, 0.1) is 5.60 Å². The van der Waals surface area contributed by atoms with Crippen molar-refractivity contribution in [2.24, 2.45) is 0 Å². The van der Waals surface area contributed by atoms with Crippen molar-refractivity contribution in [2.45, 2.75) is 45.6 Å². The van der Waals surface area contributed by atoms with Crippen LogP contribution in [0.3, 0.4) is 0 Å². The number of aliphatic hydroxyl groups is 1. The van der Waals surface area contributed by atoms with Gasteiger partial charge in [0.2, 0.25) is 0 Å². The topological polar surface area (TPSA) is 20.2 Å². The SMILES string of the molecule is C=CC(C)(O)CC/C=C(/C)CC. The Hall–Kier alpha value is -0.560. The molecule has 0 aromatic carbocycles. The van der Waals surface area contributed by atoms with Gasteiger partial charge in [-0.15, -0.1) is 6.58 Å². The largest absolute Gasteiger partial charge is 0.386 e. The maximum absolute atomic E-state index is 9.56. The van der Waals surface area contributed by atoms with Crippen molar-refractivity contribution in [1.82, 2.24) is 0 Å². The minimum absolute atomic E-state index is 0.704. The van der Waals surface area contributed by atoms with Crippen LogP contribution in [0.1, 0.15) is 40.0 Å². The Bertz CT molecular complexity index is 166. The van der Waals surface area contributed by atoms with Gasteiger partial charge in [-0.25, -0.2) is 0 Å². The van der Waals surface area contributed by atoms with Gasteiger partial charge in [-0.05, 0) is 33.1 Å². The van der Waals surface area contributed by atoms with E-state index in [1.54, 1.807) is 13.0 Å². The fraction of sp³-hybridized carbons (Fsp3) is 0.636. The lowest BCUT2D eigenvalue weighted by atomic mass is 9.99. The van der Waals surface area contributed by atoms with Crippen LogP contribution in [0.25, 0.3) is 0 Å². The Morgan fingerprint density at radius 3 is 2.58 bits per heavy atom. The minimum Gasteiger partial charge on any atom is -0.386 e. The van der Waals surface area contributed by atoms with Crippen molar-refractivity contribution in [3.05, 3.63) is 24.3 Å². The summed E-state index contributed by atoms with van der Waals surface area (Å²) < 4.78 is 0. The third-order valence-electron chi connectivity index (χ3n) is 2.14. The van der Waals surface area contributed by atoms with E-state index < -0.39 is 5.60 Å². The molecule has 0 aromatic rings. The highest BCUT2D eigenvalue weighted by molar-refractivity contribution is 4.99. The van der Waals surface area contributed by atoms with Crippen LogP contribution in [-0.4, -0.2) is 10.7 Å². The molecule has 0 amide bonds. The van der Waals surface area contributed by atoms with E-state index in [2.05, 4.69) is 26.5 Å². The maximum atomic E-state index is 9.56. The molecular weight excluding hydrogens is 148 g/mol. The molecule has 0 fully saturated rings. The van der Waals surface area contributed by atoms with Crippen molar-refractivity contribution in [1.29, 1.82) is 0 Å². The second-order valence-electron chi connectivity index (χ2n) is 3.50. The molecule has 0 radical (unpaired) electrons. The van der Waals surface area contributed by atoms with Gasteiger partial charge >= 0.3 is 0 Å². The van der Waals surface area contributed by atoms with Gasteiger partial charge < -0.3 is 5.11 Å². The molecule has 0 heterocycles. The molecule has 0 aliphatic rings. The van der Waals surface area contributed by atoms with Gasteiger partial charge in [-0.3, -0.25) is 0 Å². The molecule has 0 saturated heterocycles. The van der Waals surface area contributed by atoms with Crippen molar-refractivity contribution >= 4 is 0 Å². The Morgan fingerprint density at radius 1 is 1.58 bits per heavy atom. The summed E-state index contributed by atoms with van der Waals surface area (Å²) in [5.41, 5.74) is 0.680. The summed E-state index contributed by atoms with van der Waals surface area (Å²) in [4.78, 5) is 0. The van der Waals surface area contributed by atoms with E-state index in [1.165, 1.54) is 5.57 Å². The molecule has 0 aromatic heterocycles. The predicted molar refractivity (Wildman–Crippen MR) is 54.1 cm³/mol. The first-order valence-electron chi connectivity index (χ1n) is 4.53. The highest BCUT2D eigenvalue weighted by Gasteiger charge is 2.12. The lowest BCUT2D eigenvalue weighted by Crippen LogP contribution is -2.19. The van der Waals surface area contributed by atoms with Crippen LogP contribution in [0.15, 0.2) is 24.3 Å². The van der Waals surface area contributed by atoms with E-state index in [-0.39, 0.29) is 0 Å². The van der Waals surface area contributed by atoms with Gasteiger partial charge in [0.15, 0.2) is 0 Å². The van der Waals surface area contributed by atoms with Gasteiger partial charge in [0, 0.05) is 0 Å². The summed E-state index contributed by atoms with van der Waals surface area (Å²) in [6.07, 6.45) is 6.56. The maximum Gasteiger partial charge on any atom is 0.0800 e. The van der Waals surface area contributed by atoms with Gasteiger partial charge in [0.1, 0.15) is 0 Å². The van der Waals surface area contributed by atoms with Crippen molar-refractivity contribution < 1.29 is 5.11 Å². The molecule has 0 bridgehead atoms. The molecular formula is C11H20O. The van der Waals surface area contributed by atoms with E-state index in [0.717, 1.165) is 19.3 Å². The second kappa shape index (κ2) is 5.15. The summed E-state index contributed by atoms with van der Waals surface area (Å²) in [5.74, 6) is 0. The van der Waals surface area contributed by atoms with Crippen LogP contribution >= 0.6 is 0 Å². The summed E-state index contributed by atoms with van der Waals surface area (Å²) in [7, 11) is 0. The van der Waals surface area contributed by atoms with E-state index >= 15 is 0 Å². The number of hydrogen-bond donors (Lipinski definition) is 1. The van der Waals surface area contributed by atoms with Crippen LogP contribution in [0.5, 0.6) is 0 Å². The average molecular weight is 168 g/mol. The fourth-order valence-electron chi connectivity index (χ4n) is 0.857. The lowest BCUT2D eigenvalue weighted by Gasteiger charge is -2.16. The zero-order valence-electron chi connectivity index (χ0n) is 8.43. The third-order valence-corrected chi connectivity index (χ3v) is 2.14. The first-order chi connectivity index (χ1) is 5.52. The van der Waals surface area contributed by atoms with Crippen LogP contribution in [0.4, 0.5) is 0 Å². The average Bonchev–Trinajstić information content (AvgIpc) is 2.04. The molecule has 1 unspecified atom stereocenters. The van der Waals surface area contributed by atoms with E-state index in [9.17, 15) is 5.11 Å². The zero-order valence-corrected chi connectivity index (χ0v) is 8.43. The molecule has 0 rings (SSSR count). The summed E-state index contributed by atoms with van der Waals surface area (Å²) in [6, 6.07) is 0. The number of rotatable bonds is 5. The van der Waals surface area contributed by atoms with Crippen molar-refractivity contribution in [3.63, 3.8) is 0 Å². The molecule has 0 spiro atoms. The molecule has 1 N–H and O–H groups in total. The normalized spacial score (nSPS) is 17.2. The Kier molecular flexibility index (Phi) is 4.91. The van der Waals surface area contributed by atoms with Gasteiger partial charge in [0.25, 0.3) is 0 Å². The predicted octanol–water partition coefficient (Wildman–Crippen LogP) is 3.06. The number of hydrogen-bond acceptors (Lipinski definition) is 1. The Morgan fingerprint density at radius 2 is 2.17 bits per heavy atom. The highest BCUT2D eigenvalue weighted by atomic mass is 16.3. The van der Waals surface area contributed by atoms with Gasteiger partial charge in [-0.2, -0.15) is 0 Å². The van der Waals surface area contributed by atoms with E-state index in [1.807, 2.05) is 0 Å². The van der Waals surface area contributed by atoms with E-state index in [0.29, 0.717) is 0 Å². The zero-order chi connectivity index (χ0) is 9.61. The first kappa shape index (κ1) is 11.4. The monoisotopic (exact) mass is 168 g/mol. The van der Waals surface area contributed by atoms with Crippen LogP contribution in [0, 0.1) is 0 Å². The molecule has 0 aliphatic carbocycles. The summed E-state index contributed by atoms with van der Waals surface area (Å²) in [6.45, 7) is 9.62. The highest BCUT2D eigenvalue weighted by Crippen LogP contribution is 2.14. The summed E-state index contributed by atoms with van der Waals surface area (Å²) >= 11 is 0. The molecule has 70 valence electrons. The molecule has 0 aliphatic heterocycles. The molecule has 1 nitrogen and oxygen atoms in total. The smallest absolute Gasteiger partial charge is 0.0800 e. The molecule has 1 heteroatoms. The van der Waals surface area contributed by atoms with Crippen molar-refractivity contribution in [2.75, 3.05) is 0 Å². The standard InChI is InChI=1S/C11H20O/c1-5-10(3)8-7-9-11(4,12)6-2/h6,8,12H,2,5,7,9H2,1,3-4H3/b10-8-. The number of allylic oxidation sites excluding steroid dienone is 2. The first-order valence-corrected chi connectivity index (χ1v) is 4.53. The van der Waals surface area contributed by atoms with Crippen molar-refractivity contribution in [3.8, 4) is 0 Å². The van der Waals surface area contributed by atoms with Gasteiger partial charge in [-0.1, -0.05) is 24.6 Å². The fourth-order valence-corrected chi connectivity index (χ4v) is 0.857. The summed E-state index contributed by atoms with van der Waals surface area (Å²) in [5, 5.41) is 9.56. The molecule has 0 saturated carbocycles. The Labute approximate surface area is 75.8 Å². The quantitative estimate of drug-likeness (QED) is 0.625. The van der Waals surface area contributed by atoms with E-state index in [4.69, 9.17) is 0 Å². The second-order valence-corrected chi connectivity index (χ2v) is 3.50. The third kappa shape index (κ3) is 5.14. The molecule has 1 atom stereocenters. The lowest BCUT2D eigenvalue weighted by molar-refractivity contribution is 0.103. The van der Waals surface area contributed by atoms with Crippen LogP contribution in [-0.2, 0) is 0 Å².